The fraction of sp³-hybridized carbons (Fsp3) is 0.538. The van der Waals surface area contributed by atoms with Gasteiger partial charge in [0.1, 0.15) is 23.7 Å². The molecule has 1 saturated carbocycles. The first-order valence-corrected chi connectivity index (χ1v) is 12.6. The highest BCUT2D eigenvalue weighted by Crippen LogP contribution is 2.36. The predicted octanol–water partition coefficient (Wildman–Crippen LogP) is 2.53. The minimum absolute atomic E-state index is 0.0948. The lowest BCUT2D eigenvalue weighted by molar-refractivity contribution is -0.136. The first-order valence-electron chi connectivity index (χ1n) is 12.6. The molecule has 9 heteroatoms. The molecule has 1 N–H and O–H groups in total. The van der Waals surface area contributed by atoms with Gasteiger partial charge in [-0.15, -0.1) is 0 Å². The van der Waals surface area contributed by atoms with Crippen LogP contribution in [0.15, 0.2) is 28.8 Å². The number of oxazole rings is 1. The van der Waals surface area contributed by atoms with E-state index in [4.69, 9.17) is 9.15 Å². The van der Waals surface area contributed by atoms with E-state index in [1.165, 1.54) is 6.42 Å². The van der Waals surface area contributed by atoms with Crippen LogP contribution in [0.2, 0.25) is 0 Å². The third-order valence-corrected chi connectivity index (χ3v) is 7.82. The van der Waals surface area contributed by atoms with Gasteiger partial charge >= 0.3 is 0 Å². The molecule has 1 aromatic heterocycles. The van der Waals surface area contributed by atoms with Crippen LogP contribution < -0.4 is 10.1 Å². The summed E-state index contributed by atoms with van der Waals surface area (Å²) >= 11 is 0. The fourth-order valence-corrected chi connectivity index (χ4v) is 5.93. The molecular formula is C26H30N4O5. The summed E-state index contributed by atoms with van der Waals surface area (Å²) in [6.45, 7) is 4.15. The smallest absolute Gasteiger partial charge is 0.255 e. The van der Waals surface area contributed by atoms with Crippen molar-refractivity contribution in [2.24, 2.45) is 0 Å². The van der Waals surface area contributed by atoms with E-state index in [1.807, 2.05) is 19.1 Å². The number of carbonyl (C=O) groups excluding carboxylic acids is 3. The summed E-state index contributed by atoms with van der Waals surface area (Å²) in [5.74, 6) is 1.95. The summed E-state index contributed by atoms with van der Waals surface area (Å²) in [5, 5.41) is 2.35. The minimum atomic E-state index is -0.605. The highest BCUT2D eigenvalue weighted by atomic mass is 16.5. The Morgan fingerprint density at radius 2 is 1.94 bits per heavy atom. The standard InChI is InChI=1S/C26H30N4O5/c1-15-11-27-25(34-15)17-12-29(13-17)20-4-2-3-5-22(20)35-18-6-7-19-16(10-18)14-30(26(19)33)21-8-9-23(31)28-24(21)32/h6-7,10-11,17,20-22H,2-5,8-9,12-14H2,1H3,(H,28,31,32). The zero-order chi connectivity index (χ0) is 24.1. The summed E-state index contributed by atoms with van der Waals surface area (Å²) in [6.07, 6.45) is 6.94. The average Bonchev–Trinajstić information content (AvgIpc) is 3.37. The third kappa shape index (κ3) is 4.11. The molecule has 4 aliphatic rings. The maximum Gasteiger partial charge on any atom is 0.255 e. The summed E-state index contributed by atoms with van der Waals surface area (Å²) in [7, 11) is 0. The highest BCUT2D eigenvalue weighted by molar-refractivity contribution is 6.05. The lowest BCUT2D eigenvalue weighted by Gasteiger charge is -2.47. The Bertz CT molecular complexity index is 1170. The third-order valence-electron chi connectivity index (χ3n) is 7.82. The number of imide groups is 1. The molecule has 0 bridgehead atoms. The molecule has 2 aromatic rings. The second-order valence-electron chi connectivity index (χ2n) is 10.2. The van der Waals surface area contributed by atoms with Crippen LogP contribution in [0.4, 0.5) is 0 Å². The second-order valence-corrected chi connectivity index (χ2v) is 10.2. The van der Waals surface area contributed by atoms with Crippen molar-refractivity contribution < 1.29 is 23.5 Å². The number of carbonyl (C=O) groups is 3. The van der Waals surface area contributed by atoms with Gasteiger partial charge in [-0.2, -0.15) is 0 Å². The Labute approximate surface area is 203 Å². The summed E-state index contributed by atoms with van der Waals surface area (Å²) in [5.41, 5.74) is 1.47. The average molecular weight is 479 g/mol. The molecule has 3 atom stereocenters. The number of rotatable bonds is 5. The van der Waals surface area contributed by atoms with Gasteiger partial charge in [0.25, 0.3) is 5.91 Å². The Hall–Kier alpha value is -3.20. The van der Waals surface area contributed by atoms with Crippen molar-refractivity contribution in [3.05, 3.63) is 47.2 Å². The molecule has 9 nitrogen and oxygen atoms in total. The summed E-state index contributed by atoms with van der Waals surface area (Å²) < 4.78 is 12.2. The Balaban J connectivity index is 1.12. The van der Waals surface area contributed by atoms with E-state index < -0.39 is 11.9 Å². The lowest BCUT2D eigenvalue weighted by Crippen LogP contribution is -2.57. The van der Waals surface area contributed by atoms with Gasteiger partial charge in [-0.25, -0.2) is 4.98 Å². The van der Waals surface area contributed by atoms with Crippen LogP contribution in [0.1, 0.15) is 72.0 Å². The first-order chi connectivity index (χ1) is 17.0. The number of aromatic nitrogens is 1. The number of hydrogen-bond donors (Lipinski definition) is 1. The van der Waals surface area contributed by atoms with Crippen molar-refractivity contribution in [2.45, 2.75) is 76.1 Å². The minimum Gasteiger partial charge on any atom is -0.489 e. The van der Waals surface area contributed by atoms with Gasteiger partial charge in [-0.3, -0.25) is 24.6 Å². The van der Waals surface area contributed by atoms with E-state index in [1.54, 1.807) is 17.2 Å². The predicted molar refractivity (Wildman–Crippen MR) is 125 cm³/mol. The Morgan fingerprint density at radius 1 is 1.11 bits per heavy atom. The number of nitrogens with zero attached hydrogens (tertiary/aromatic N) is 3. The zero-order valence-corrected chi connectivity index (χ0v) is 19.9. The van der Waals surface area contributed by atoms with Crippen LogP contribution in [-0.2, 0) is 16.1 Å². The molecular weight excluding hydrogens is 448 g/mol. The number of aryl methyl sites for hydroxylation is 1. The molecule has 1 aliphatic carbocycles. The molecule has 3 aliphatic heterocycles. The SMILES string of the molecule is Cc1cnc(C2CN(C3CCCCC3Oc3ccc4c(c3)CN(C3CCC(=O)NC3=O)C4=O)C2)o1. The number of piperidine rings is 1. The van der Waals surface area contributed by atoms with E-state index in [9.17, 15) is 14.4 Å². The lowest BCUT2D eigenvalue weighted by atomic mass is 9.86. The monoisotopic (exact) mass is 478 g/mol. The molecule has 6 rings (SSSR count). The highest BCUT2D eigenvalue weighted by Gasteiger charge is 2.42. The van der Waals surface area contributed by atoms with Crippen LogP contribution in [0.5, 0.6) is 5.75 Å². The number of benzene rings is 1. The number of likely N-dealkylation sites (tertiary alicyclic amines) is 1. The van der Waals surface area contributed by atoms with Gasteiger partial charge in [0.2, 0.25) is 11.8 Å². The van der Waals surface area contributed by atoms with Crippen LogP contribution in [0.3, 0.4) is 0 Å². The number of ether oxygens (including phenoxy) is 1. The van der Waals surface area contributed by atoms with Crippen LogP contribution >= 0.6 is 0 Å². The normalized spacial score (nSPS) is 27.5. The molecule has 0 spiro atoms. The molecule has 184 valence electrons. The topological polar surface area (TPSA) is 105 Å². The van der Waals surface area contributed by atoms with Crippen molar-refractivity contribution >= 4 is 17.7 Å². The quantitative estimate of drug-likeness (QED) is 0.659. The fourth-order valence-electron chi connectivity index (χ4n) is 5.93. The molecule has 3 unspecified atom stereocenters. The molecule has 2 saturated heterocycles. The van der Waals surface area contributed by atoms with Crippen molar-refractivity contribution in [3.63, 3.8) is 0 Å². The van der Waals surface area contributed by atoms with Gasteiger partial charge in [-0.1, -0.05) is 6.42 Å². The van der Waals surface area contributed by atoms with Crippen molar-refractivity contribution in [1.29, 1.82) is 0 Å². The van der Waals surface area contributed by atoms with Gasteiger partial charge in [0.05, 0.1) is 12.1 Å². The van der Waals surface area contributed by atoms with Crippen LogP contribution in [0.25, 0.3) is 0 Å². The maximum atomic E-state index is 13.0. The summed E-state index contributed by atoms with van der Waals surface area (Å²) in [6, 6.07) is 5.36. The number of amides is 3. The molecule has 4 heterocycles. The van der Waals surface area contributed by atoms with Crippen LogP contribution in [0, 0.1) is 6.92 Å². The zero-order valence-electron chi connectivity index (χ0n) is 19.9. The molecule has 3 amide bonds. The van der Waals surface area contributed by atoms with E-state index in [-0.39, 0.29) is 24.3 Å². The van der Waals surface area contributed by atoms with E-state index in [2.05, 4.69) is 15.2 Å². The maximum absolute atomic E-state index is 13.0. The van der Waals surface area contributed by atoms with E-state index in [0.717, 1.165) is 55.3 Å². The van der Waals surface area contributed by atoms with Crippen molar-refractivity contribution in [1.82, 2.24) is 20.1 Å². The van der Waals surface area contributed by atoms with Crippen LogP contribution in [-0.4, -0.2) is 63.8 Å². The van der Waals surface area contributed by atoms with E-state index in [0.29, 0.717) is 30.5 Å². The number of fused-ring (bicyclic) bond motifs is 1. The molecule has 1 aromatic carbocycles. The van der Waals surface area contributed by atoms with Crippen molar-refractivity contribution in [2.75, 3.05) is 13.1 Å². The molecule has 35 heavy (non-hydrogen) atoms. The second kappa shape index (κ2) is 8.78. The molecule has 3 fully saturated rings. The first kappa shape index (κ1) is 22.3. The summed E-state index contributed by atoms with van der Waals surface area (Å²) in [4.78, 5) is 45.2. The van der Waals surface area contributed by atoms with Crippen molar-refractivity contribution in [3.8, 4) is 5.75 Å². The number of nitrogens with one attached hydrogen (secondary N) is 1. The van der Waals surface area contributed by atoms with Gasteiger partial charge in [0.15, 0.2) is 5.89 Å². The molecule has 0 radical (unpaired) electrons. The largest absolute Gasteiger partial charge is 0.489 e. The van der Waals surface area contributed by atoms with Gasteiger partial charge in [0, 0.05) is 37.7 Å². The van der Waals surface area contributed by atoms with E-state index >= 15 is 0 Å². The van der Waals surface area contributed by atoms with Gasteiger partial charge < -0.3 is 14.1 Å². The number of hydrogen-bond acceptors (Lipinski definition) is 7. The van der Waals surface area contributed by atoms with Gasteiger partial charge in [-0.05, 0) is 56.4 Å². The Morgan fingerprint density at radius 3 is 2.71 bits per heavy atom. The Kier molecular flexibility index (Phi) is 5.59.